The fraction of sp³-hybridized carbons (Fsp3) is 0.412. The molecule has 2 aromatic rings. The van der Waals surface area contributed by atoms with Crippen LogP contribution in [-0.2, 0) is 0 Å². The van der Waals surface area contributed by atoms with Crippen molar-refractivity contribution in [3.05, 3.63) is 40.2 Å². The Kier molecular flexibility index (Phi) is 8.16. The monoisotopic (exact) mass is 387 g/mol. The van der Waals surface area contributed by atoms with E-state index < -0.39 is 0 Å². The lowest BCUT2D eigenvalue weighted by molar-refractivity contribution is 0.0915. The minimum Gasteiger partial charge on any atom is -0.348 e. The van der Waals surface area contributed by atoms with E-state index in [-0.39, 0.29) is 36.8 Å². The van der Waals surface area contributed by atoms with Crippen molar-refractivity contribution in [2.45, 2.75) is 26.3 Å². The zero-order valence-corrected chi connectivity index (χ0v) is 16.2. The molecule has 0 radical (unpaired) electrons. The lowest BCUT2D eigenvalue weighted by Gasteiger charge is -2.30. The molecule has 1 aromatic carbocycles. The summed E-state index contributed by atoms with van der Waals surface area (Å²) in [7, 11) is 0. The lowest BCUT2D eigenvalue weighted by Crippen LogP contribution is -2.50. The van der Waals surface area contributed by atoms with Crippen LogP contribution < -0.4 is 10.6 Å². The third-order valence-corrected chi connectivity index (χ3v) is 4.96. The smallest absolute Gasteiger partial charge is 0.251 e. The van der Waals surface area contributed by atoms with Crippen LogP contribution >= 0.6 is 36.2 Å². The standard InChI is InChI=1S/C17H21N3OS.2ClH/c1-11-6-7-18-9-15(11)20-17(21)14-5-3-4-13(8-14)16-10-22-12(2)19-16;;/h3-5,8,10-11,15,18H,6-7,9H2,1-2H3,(H,20,21);2*1H. The van der Waals surface area contributed by atoms with Gasteiger partial charge < -0.3 is 10.6 Å². The molecule has 1 amide bonds. The molecule has 0 saturated carbocycles. The van der Waals surface area contributed by atoms with Crippen LogP contribution in [0.1, 0.15) is 28.7 Å². The average Bonchev–Trinajstić information content (AvgIpc) is 2.96. The highest BCUT2D eigenvalue weighted by molar-refractivity contribution is 7.09. The summed E-state index contributed by atoms with van der Waals surface area (Å²) in [4.78, 5) is 17.0. The number of carbonyl (C=O) groups is 1. The van der Waals surface area contributed by atoms with E-state index in [0.717, 1.165) is 35.8 Å². The van der Waals surface area contributed by atoms with E-state index in [0.29, 0.717) is 11.5 Å². The molecule has 0 aliphatic carbocycles. The highest BCUT2D eigenvalue weighted by Gasteiger charge is 2.23. The fourth-order valence-corrected chi connectivity index (χ4v) is 3.37. The molecule has 1 aliphatic heterocycles. The number of nitrogens with zero attached hydrogens (tertiary/aromatic N) is 1. The largest absolute Gasteiger partial charge is 0.348 e. The van der Waals surface area contributed by atoms with Gasteiger partial charge in [-0.3, -0.25) is 4.79 Å². The van der Waals surface area contributed by atoms with E-state index in [1.54, 1.807) is 11.3 Å². The van der Waals surface area contributed by atoms with Crippen LogP contribution in [0, 0.1) is 12.8 Å². The molecule has 2 atom stereocenters. The SMILES string of the molecule is Cc1nc(-c2cccc(C(=O)NC3CNCCC3C)c2)cs1.Cl.Cl. The Morgan fingerprint density at radius 2 is 2.17 bits per heavy atom. The normalized spacial score (nSPS) is 19.8. The summed E-state index contributed by atoms with van der Waals surface area (Å²) in [5, 5.41) is 9.55. The number of amides is 1. The van der Waals surface area contributed by atoms with E-state index in [2.05, 4.69) is 22.5 Å². The van der Waals surface area contributed by atoms with Crippen molar-refractivity contribution in [2.75, 3.05) is 13.1 Å². The van der Waals surface area contributed by atoms with Gasteiger partial charge in [0.2, 0.25) is 0 Å². The van der Waals surface area contributed by atoms with Gasteiger partial charge >= 0.3 is 0 Å². The summed E-state index contributed by atoms with van der Waals surface area (Å²) in [6, 6.07) is 7.90. The van der Waals surface area contributed by atoms with E-state index >= 15 is 0 Å². The van der Waals surface area contributed by atoms with Crippen LogP contribution in [0.2, 0.25) is 0 Å². The van der Waals surface area contributed by atoms with Crippen molar-refractivity contribution in [1.29, 1.82) is 0 Å². The quantitative estimate of drug-likeness (QED) is 0.843. The molecule has 4 nitrogen and oxygen atoms in total. The number of piperidine rings is 1. The molecular weight excluding hydrogens is 365 g/mol. The second-order valence-electron chi connectivity index (χ2n) is 5.88. The van der Waals surface area contributed by atoms with Gasteiger partial charge in [0.1, 0.15) is 0 Å². The highest BCUT2D eigenvalue weighted by atomic mass is 35.5. The van der Waals surface area contributed by atoms with Crippen molar-refractivity contribution in [1.82, 2.24) is 15.6 Å². The molecular formula is C17H23Cl2N3OS. The Morgan fingerprint density at radius 1 is 1.38 bits per heavy atom. The van der Waals surface area contributed by atoms with E-state index in [1.807, 2.05) is 36.6 Å². The van der Waals surface area contributed by atoms with Crippen molar-refractivity contribution < 1.29 is 4.79 Å². The minimum absolute atomic E-state index is 0. The first-order valence-electron chi connectivity index (χ1n) is 7.67. The van der Waals surface area contributed by atoms with Crippen molar-refractivity contribution in [2.24, 2.45) is 5.92 Å². The fourth-order valence-electron chi connectivity index (χ4n) is 2.75. The molecule has 1 aliphatic rings. The number of halogens is 2. The maximum atomic E-state index is 12.5. The number of aryl methyl sites for hydroxylation is 1. The first-order chi connectivity index (χ1) is 10.6. The Labute approximate surface area is 159 Å². The van der Waals surface area contributed by atoms with Gasteiger partial charge in [-0.05, 0) is 37.9 Å². The number of nitrogens with one attached hydrogen (secondary N) is 2. The number of aromatic nitrogens is 1. The molecule has 3 rings (SSSR count). The van der Waals surface area contributed by atoms with Crippen LogP contribution in [0.3, 0.4) is 0 Å². The van der Waals surface area contributed by atoms with Crippen LogP contribution in [0.15, 0.2) is 29.6 Å². The third-order valence-electron chi connectivity index (χ3n) is 4.18. The molecule has 2 unspecified atom stereocenters. The predicted octanol–water partition coefficient (Wildman–Crippen LogP) is 3.69. The van der Waals surface area contributed by atoms with Gasteiger partial charge in [-0.15, -0.1) is 36.2 Å². The maximum Gasteiger partial charge on any atom is 0.251 e. The van der Waals surface area contributed by atoms with Gasteiger partial charge in [-0.1, -0.05) is 19.1 Å². The van der Waals surface area contributed by atoms with Gasteiger partial charge in [0.05, 0.1) is 10.7 Å². The van der Waals surface area contributed by atoms with Gasteiger partial charge in [0, 0.05) is 29.1 Å². The van der Waals surface area contributed by atoms with Gasteiger partial charge in [-0.25, -0.2) is 4.98 Å². The number of carbonyl (C=O) groups excluding carboxylic acids is 1. The molecule has 2 N–H and O–H groups in total. The number of thiazole rings is 1. The Bertz CT molecular complexity index is 677. The topological polar surface area (TPSA) is 54.0 Å². The van der Waals surface area contributed by atoms with Crippen molar-refractivity contribution in [3.63, 3.8) is 0 Å². The number of hydrogen-bond donors (Lipinski definition) is 2. The third kappa shape index (κ3) is 4.93. The number of benzene rings is 1. The van der Waals surface area contributed by atoms with E-state index in [4.69, 9.17) is 0 Å². The highest BCUT2D eigenvalue weighted by Crippen LogP contribution is 2.22. The molecule has 1 aromatic heterocycles. The summed E-state index contributed by atoms with van der Waals surface area (Å²) in [5.74, 6) is 0.504. The van der Waals surface area contributed by atoms with Crippen LogP contribution in [0.5, 0.6) is 0 Å². The van der Waals surface area contributed by atoms with Crippen LogP contribution in [0.25, 0.3) is 11.3 Å². The maximum absolute atomic E-state index is 12.5. The summed E-state index contributed by atoms with van der Waals surface area (Å²) < 4.78 is 0. The molecule has 24 heavy (non-hydrogen) atoms. The molecule has 0 spiro atoms. The predicted molar refractivity (Wildman–Crippen MR) is 105 cm³/mol. The van der Waals surface area contributed by atoms with Gasteiger partial charge in [-0.2, -0.15) is 0 Å². The molecule has 2 heterocycles. The molecule has 7 heteroatoms. The Morgan fingerprint density at radius 3 is 2.83 bits per heavy atom. The molecule has 1 saturated heterocycles. The number of rotatable bonds is 3. The molecule has 132 valence electrons. The first kappa shape index (κ1) is 20.9. The Hall–Kier alpha value is -1.14. The first-order valence-corrected chi connectivity index (χ1v) is 8.55. The van der Waals surface area contributed by atoms with E-state index in [9.17, 15) is 4.79 Å². The average molecular weight is 388 g/mol. The lowest BCUT2D eigenvalue weighted by atomic mass is 9.94. The summed E-state index contributed by atoms with van der Waals surface area (Å²) >= 11 is 1.62. The summed E-state index contributed by atoms with van der Waals surface area (Å²) in [6.07, 6.45) is 1.10. The molecule has 0 bridgehead atoms. The second kappa shape index (κ2) is 9.37. The molecule has 1 fully saturated rings. The van der Waals surface area contributed by atoms with Crippen molar-refractivity contribution in [3.8, 4) is 11.3 Å². The second-order valence-corrected chi connectivity index (χ2v) is 6.94. The van der Waals surface area contributed by atoms with Gasteiger partial charge in [0.15, 0.2) is 0 Å². The zero-order chi connectivity index (χ0) is 15.5. The summed E-state index contributed by atoms with van der Waals surface area (Å²) in [6.45, 7) is 6.06. The van der Waals surface area contributed by atoms with Crippen LogP contribution in [-0.4, -0.2) is 30.0 Å². The van der Waals surface area contributed by atoms with Crippen molar-refractivity contribution >= 4 is 42.1 Å². The minimum atomic E-state index is -0.00523. The van der Waals surface area contributed by atoms with Gasteiger partial charge in [0.25, 0.3) is 5.91 Å². The Balaban J connectivity index is 0.00000144. The zero-order valence-electron chi connectivity index (χ0n) is 13.7. The summed E-state index contributed by atoms with van der Waals surface area (Å²) in [5.41, 5.74) is 2.62. The van der Waals surface area contributed by atoms with Crippen LogP contribution in [0.4, 0.5) is 0 Å². The number of hydrogen-bond acceptors (Lipinski definition) is 4. The van der Waals surface area contributed by atoms with E-state index in [1.165, 1.54) is 0 Å².